The smallest absolute Gasteiger partial charge is 0.157 e. The van der Waals surface area contributed by atoms with Crippen molar-refractivity contribution in [1.29, 1.82) is 0 Å². The van der Waals surface area contributed by atoms with Gasteiger partial charge in [-0.15, -0.1) is 0 Å². The van der Waals surface area contributed by atoms with E-state index < -0.39 is 0 Å². The molecule has 4 heteroatoms. The molecule has 0 heterocycles. The van der Waals surface area contributed by atoms with Crippen LogP contribution in [0.1, 0.15) is 12.5 Å². The van der Waals surface area contributed by atoms with Crippen LogP contribution in [-0.4, -0.2) is 34.5 Å². The van der Waals surface area contributed by atoms with Gasteiger partial charge in [-0.1, -0.05) is 6.07 Å². The molecule has 4 N–H and O–H groups in total. The number of phenols is 2. The summed E-state index contributed by atoms with van der Waals surface area (Å²) in [6, 6.07) is 4.86. The maximum atomic E-state index is 9.24. The Morgan fingerprint density at radius 1 is 1.27 bits per heavy atom. The summed E-state index contributed by atoms with van der Waals surface area (Å²) >= 11 is 0. The maximum absolute atomic E-state index is 9.24. The third kappa shape index (κ3) is 3.77. The molecule has 0 amide bonds. The Labute approximate surface area is 89.2 Å². The van der Waals surface area contributed by atoms with Gasteiger partial charge < -0.3 is 20.6 Å². The first-order chi connectivity index (χ1) is 7.13. The molecule has 0 aliphatic heterocycles. The molecule has 0 bridgehead atoms. The molecule has 0 fully saturated rings. The number of nitrogens with one attached hydrogen (secondary N) is 1. The second-order valence-electron chi connectivity index (χ2n) is 3.61. The Kier molecular flexibility index (Phi) is 4.39. The van der Waals surface area contributed by atoms with Crippen molar-refractivity contribution in [3.63, 3.8) is 0 Å². The lowest BCUT2D eigenvalue weighted by atomic mass is 10.1. The minimum atomic E-state index is -0.101. The molecule has 1 unspecified atom stereocenters. The third-order valence-electron chi connectivity index (χ3n) is 2.22. The summed E-state index contributed by atoms with van der Waals surface area (Å²) < 4.78 is 0. The molecule has 0 aliphatic rings. The van der Waals surface area contributed by atoms with Crippen LogP contribution in [0.25, 0.3) is 0 Å². The SMILES string of the molecule is CC(CO)NCCc1ccc(O)c(O)c1. The average molecular weight is 211 g/mol. The highest BCUT2D eigenvalue weighted by atomic mass is 16.3. The number of aromatic hydroxyl groups is 2. The van der Waals surface area contributed by atoms with E-state index in [0.717, 1.165) is 18.5 Å². The monoisotopic (exact) mass is 211 g/mol. The highest BCUT2D eigenvalue weighted by Crippen LogP contribution is 2.24. The first-order valence-electron chi connectivity index (χ1n) is 4.98. The molecule has 1 rings (SSSR count). The highest BCUT2D eigenvalue weighted by molar-refractivity contribution is 5.40. The molecule has 4 nitrogen and oxygen atoms in total. The van der Waals surface area contributed by atoms with Crippen molar-refractivity contribution in [2.75, 3.05) is 13.2 Å². The molecule has 84 valence electrons. The van der Waals surface area contributed by atoms with Crippen LogP contribution in [0.2, 0.25) is 0 Å². The van der Waals surface area contributed by atoms with Crippen molar-refractivity contribution in [3.05, 3.63) is 23.8 Å². The van der Waals surface area contributed by atoms with Gasteiger partial charge in [-0.05, 0) is 37.6 Å². The van der Waals surface area contributed by atoms with Gasteiger partial charge in [0.15, 0.2) is 11.5 Å². The molecule has 0 saturated carbocycles. The lowest BCUT2D eigenvalue weighted by Gasteiger charge is -2.10. The number of phenolic OH excluding ortho intramolecular Hbond substituents is 2. The summed E-state index contributed by atoms with van der Waals surface area (Å²) in [4.78, 5) is 0. The molecule has 0 aliphatic carbocycles. The van der Waals surface area contributed by atoms with Crippen LogP contribution in [0.4, 0.5) is 0 Å². The number of aliphatic hydroxyl groups is 1. The number of hydrogen-bond acceptors (Lipinski definition) is 4. The lowest BCUT2D eigenvalue weighted by molar-refractivity contribution is 0.252. The second kappa shape index (κ2) is 5.58. The van der Waals surface area contributed by atoms with Gasteiger partial charge in [-0.25, -0.2) is 0 Å². The Bertz CT molecular complexity index is 315. The summed E-state index contributed by atoms with van der Waals surface area (Å²) in [7, 11) is 0. The molecular weight excluding hydrogens is 194 g/mol. The summed E-state index contributed by atoms with van der Waals surface area (Å²) in [6.45, 7) is 2.74. The van der Waals surface area contributed by atoms with Crippen molar-refractivity contribution < 1.29 is 15.3 Å². The van der Waals surface area contributed by atoms with E-state index >= 15 is 0 Å². The van der Waals surface area contributed by atoms with Crippen molar-refractivity contribution in [1.82, 2.24) is 5.32 Å². The number of rotatable bonds is 5. The topological polar surface area (TPSA) is 72.7 Å². The molecule has 0 spiro atoms. The predicted molar refractivity (Wildman–Crippen MR) is 58.0 cm³/mol. The summed E-state index contributed by atoms with van der Waals surface area (Å²) in [5.74, 6) is -0.196. The zero-order chi connectivity index (χ0) is 11.3. The van der Waals surface area contributed by atoms with Gasteiger partial charge in [-0.3, -0.25) is 0 Å². The lowest BCUT2D eigenvalue weighted by Crippen LogP contribution is -2.30. The van der Waals surface area contributed by atoms with Gasteiger partial charge in [0.1, 0.15) is 0 Å². The second-order valence-corrected chi connectivity index (χ2v) is 3.61. The standard InChI is InChI=1S/C11H17NO3/c1-8(7-13)12-5-4-9-2-3-10(14)11(15)6-9/h2-3,6,8,12-15H,4-5,7H2,1H3. The molecule has 15 heavy (non-hydrogen) atoms. The molecule has 0 saturated heterocycles. The molecule has 1 atom stereocenters. The normalized spacial score (nSPS) is 12.7. The van der Waals surface area contributed by atoms with E-state index in [2.05, 4.69) is 5.32 Å². The van der Waals surface area contributed by atoms with E-state index in [9.17, 15) is 5.11 Å². The fourth-order valence-corrected chi connectivity index (χ4v) is 1.25. The van der Waals surface area contributed by atoms with Gasteiger partial charge in [-0.2, -0.15) is 0 Å². The van der Waals surface area contributed by atoms with Gasteiger partial charge in [0, 0.05) is 6.04 Å². The van der Waals surface area contributed by atoms with Crippen LogP contribution in [-0.2, 0) is 6.42 Å². The van der Waals surface area contributed by atoms with Crippen LogP contribution in [0.3, 0.4) is 0 Å². The van der Waals surface area contributed by atoms with Crippen molar-refractivity contribution >= 4 is 0 Å². The number of hydrogen-bond donors (Lipinski definition) is 4. The molecule has 0 radical (unpaired) electrons. The van der Waals surface area contributed by atoms with Crippen LogP contribution >= 0.6 is 0 Å². The Hall–Kier alpha value is -1.26. The van der Waals surface area contributed by atoms with Crippen molar-refractivity contribution in [2.24, 2.45) is 0 Å². The Balaban J connectivity index is 2.41. The van der Waals surface area contributed by atoms with Crippen LogP contribution in [0.5, 0.6) is 11.5 Å². The van der Waals surface area contributed by atoms with Crippen molar-refractivity contribution in [3.8, 4) is 11.5 Å². The first kappa shape index (κ1) is 11.8. The predicted octanol–water partition coefficient (Wildman–Crippen LogP) is 0.611. The molecular formula is C11H17NO3. The van der Waals surface area contributed by atoms with E-state index in [-0.39, 0.29) is 24.1 Å². The van der Waals surface area contributed by atoms with Crippen LogP contribution in [0.15, 0.2) is 18.2 Å². The third-order valence-corrected chi connectivity index (χ3v) is 2.22. The quantitative estimate of drug-likeness (QED) is 0.538. The van der Waals surface area contributed by atoms with Crippen LogP contribution in [0, 0.1) is 0 Å². The van der Waals surface area contributed by atoms with E-state index in [4.69, 9.17) is 10.2 Å². The molecule has 1 aromatic rings. The Morgan fingerprint density at radius 3 is 2.60 bits per heavy atom. The van der Waals surface area contributed by atoms with E-state index in [1.54, 1.807) is 12.1 Å². The summed E-state index contributed by atoms with van der Waals surface area (Å²) in [5.41, 5.74) is 0.947. The van der Waals surface area contributed by atoms with Crippen molar-refractivity contribution in [2.45, 2.75) is 19.4 Å². The first-order valence-corrected chi connectivity index (χ1v) is 4.98. The van der Waals surface area contributed by atoms with Gasteiger partial charge in [0.05, 0.1) is 6.61 Å². The zero-order valence-corrected chi connectivity index (χ0v) is 8.77. The average Bonchev–Trinajstić information content (AvgIpc) is 2.23. The fourth-order valence-electron chi connectivity index (χ4n) is 1.25. The fraction of sp³-hybridized carbons (Fsp3) is 0.455. The van der Waals surface area contributed by atoms with Gasteiger partial charge in [0.25, 0.3) is 0 Å². The summed E-state index contributed by atoms with van der Waals surface area (Å²) in [5, 5.41) is 30.2. The largest absolute Gasteiger partial charge is 0.504 e. The van der Waals surface area contributed by atoms with Crippen LogP contribution < -0.4 is 5.32 Å². The minimum absolute atomic E-state index is 0.0794. The van der Waals surface area contributed by atoms with Gasteiger partial charge in [0.2, 0.25) is 0 Å². The van der Waals surface area contributed by atoms with E-state index in [1.807, 2.05) is 6.92 Å². The minimum Gasteiger partial charge on any atom is -0.504 e. The Morgan fingerprint density at radius 2 is 2.00 bits per heavy atom. The highest BCUT2D eigenvalue weighted by Gasteiger charge is 2.01. The zero-order valence-electron chi connectivity index (χ0n) is 8.77. The van der Waals surface area contributed by atoms with E-state index in [1.165, 1.54) is 6.07 Å². The number of aliphatic hydroxyl groups excluding tert-OH is 1. The summed E-state index contributed by atoms with van der Waals surface area (Å²) in [6.07, 6.45) is 0.748. The molecule has 1 aromatic carbocycles. The maximum Gasteiger partial charge on any atom is 0.157 e. The molecule has 0 aromatic heterocycles. The van der Waals surface area contributed by atoms with E-state index in [0.29, 0.717) is 0 Å². The van der Waals surface area contributed by atoms with Gasteiger partial charge >= 0.3 is 0 Å². The number of benzene rings is 1.